The number of rotatable bonds is 4. The number of amides is 1. The van der Waals surface area contributed by atoms with Crippen LogP contribution in [-0.2, 0) is 24.6 Å². The van der Waals surface area contributed by atoms with E-state index >= 15 is 0 Å². The summed E-state index contributed by atoms with van der Waals surface area (Å²) in [6.45, 7) is 8.64. The lowest BCUT2D eigenvalue weighted by Gasteiger charge is -2.32. The summed E-state index contributed by atoms with van der Waals surface area (Å²) in [5, 5.41) is 2.50. The van der Waals surface area contributed by atoms with Crippen LogP contribution in [0.25, 0.3) is 0 Å². The van der Waals surface area contributed by atoms with Crippen LogP contribution in [0.1, 0.15) is 44.4 Å². The van der Waals surface area contributed by atoms with Crippen molar-refractivity contribution in [1.29, 1.82) is 0 Å². The fourth-order valence-corrected chi connectivity index (χ4v) is 3.20. The lowest BCUT2D eigenvalue weighted by Crippen LogP contribution is -2.43. The molecule has 0 aliphatic heterocycles. The molecule has 0 saturated carbocycles. The largest absolute Gasteiger partial charge is 0.444 e. The first-order chi connectivity index (χ1) is 11.9. The van der Waals surface area contributed by atoms with E-state index in [0.29, 0.717) is 24.3 Å². The number of hydrogen-bond acceptors (Lipinski definition) is 5. The molecule has 6 nitrogen and oxygen atoms in total. The van der Waals surface area contributed by atoms with Gasteiger partial charge in [0.05, 0.1) is 6.26 Å². The summed E-state index contributed by atoms with van der Waals surface area (Å²) in [6.07, 6.45) is -5.20. The topological polar surface area (TPSA) is 81.7 Å². The van der Waals surface area contributed by atoms with Gasteiger partial charge >= 0.3 is 12.3 Å². The summed E-state index contributed by atoms with van der Waals surface area (Å²) < 4.78 is 73.1. The highest BCUT2D eigenvalue weighted by molar-refractivity contribution is 7.86. The van der Waals surface area contributed by atoms with Crippen molar-refractivity contribution in [2.75, 3.05) is 11.6 Å². The maximum absolute atomic E-state index is 13.6. The van der Waals surface area contributed by atoms with Gasteiger partial charge in [0, 0.05) is 5.69 Å². The number of benzene rings is 1. The van der Waals surface area contributed by atoms with Gasteiger partial charge in [0.15, 0.2) is 0 Å². The number of hydrogen-bond donors (Lipinski definition) is 1. The maximum Gasteiger partial charge on any atom is 0.422 e. The average molecular weight is 411 g/mol. The van der Waals surface area contributed by atoms with E-state index in [0.717, 1.165) is 12.1 Å². The molecular weight excluding hydrogens is 387 g/mol. The third-order valence-corrected chi connectivity index (χ3v) is 4.20. The average Bonchev–Trinajstić information content (AvgIpc) is 2.37. The van der Waals surface area contributed by atoms with Crippen molar-refractivity contribution in [3.63, 3.8) is 0 Å². The Hall–Kier alpha value is -1.81. The van der Waals surface area contributed by atoms with Gasteiger partial charge in [-0.25, -0.2) is 8.98 Å². The van der Waals surface area contributed by atoms with Crippen LogP contribution in [0.15, 0.2) is 12.1 Å². The highest BCUT2D eigenvalue weighted by Crippen LogP contribution is 2.44. The van der Waals surface area contributed by atoms with Crippen LogP contribution >= 0.6 is 0 Å². The Kier molecular flexibility index (Phi) is 6.29. The molecule has 0 aliphatic rings. The molecule has 1 atom stereocenters. The van der Waals surface area contributed by atoms with Crippen LogP contribution in [0, 0.1) is 13.8 Å². The minimum absolute atomic E-state index is 0.275. The Bertz CT molecular complexity index is 805. The highest BCUT2D eigenvalue weighted by Gasteiger charge is 2.56. The van der Waals surface area contributed by atoms with Crippen molar-refractivity contribution < 1.29 is 35.3 Å². The molecule has 1 aromatic carbocycles. The SMILES string of the molecule is Cc1cc(C(C)(OS(C)(=O)=O)C(F)(F)F)cc(C)c1NC(=O)OC(C)(C)C. The predicted molar refractivity (Wildman–Crippen MR) is 95.1 cm³/mol. The van der Waals surface area contributed by atoms with Gasteiger partial charge in [0.2, 0.25) is 5.60 Å². The van der Waals surface area contributed by atoms with Gasteiger partial charge < -0.3 is 4.74 Å². The molecule has 0 aromatic heterocycles. The predicted octanol–water partition coefficient (Wildman–Crippen LogP) is 4.40. The third-order valence-electron chi connectivity index (χ3n) is 3.57. The molecule has 1 rings (SSSR count). The molecule has 0 heterocycles. The number of carbonyl (C=O) groups excluding carboxylic acids is 1. The molecule has 0 fully saturated rings. The van der Waals surface area contributed by atoms with E-state index in [1.165, 1.54) is 13.8 Å². The van der Waals surface area contributed by atoms with E-state index in [1.54, 1.807) is 20.8 Å². The van der Waals surface area contributed by atoms with E-state index in [9.17, 15) is 26.4 Å². The lowest BCUT2D eigenvalue weighted by atomic mass is 9.91. The molecule has 0 bridgehead atoms. The second-order valence-corrected chi connectivity index (χ2v) is 9.01. The monoisotopic (exact) mass is 411 g/mol. The number of nitrogens with one attached hydrogen (secondary N) is 1. The summed E-state index contributed by atoms with van der Waals surface area (Å²) in [6, 6.07) is 2.25. The Balaban J connectivity index is 3.38. The Morgan fingerprint density at radius 3 is 1.81 bits per heavy atom. The Labute approximate surface area is 157 Å². The van der Waals surface area contributed by atoms with Crippen LogP contribution < -0.4 is 5.32 Å². The minimum Gasteiger partial charge on any atom is -0.444 e. The van der Waals surface area contributed by atoms with E-state index in [2.05, 4.69) is 9.50 Å². The first-order valence-electron chi connectivity index (χ1n) is 7.95. The van der Waals surface area contributed by atoms with Gasteiger partial charge in [-0.1, -0.05) is 12.1 Å². The van der Waals surface area contributed by atoms with Crippen LogP contribution in [0.4, 0.5) is 23.7 Å². The number of ether oxygens (including phenoxy) is 1. The number of anilines is 1. The van der Waals surface area contributed by atoms with Crippen molar-refractivity contribution in [2.24, 2.45) is 0 Å². The molecule has 10 heteroatoms. The molecule has 1 N–H and O–H groups in total. The lowest BCUT2D eigenvalue weighted by molar-refractivity contribution is -0.246. The molecular formula is C17H24F3NO5S. The number of alkyl halides is 3. The maximum atomic E-state index is 13.6. The summed E-state index contributed by atoms with van der Waals surface area (Å²) in [5.74, 6) is 0. The van der Waals surface area contributed by atoms with Crippen molar-refractivity contribution in [3.8, 4) is 0 Å². The summed E-state index contributed by atoms with van der Waals surface area (Å²) in [4.78, 5) is 11.9. The summed E-state index contributed by atoms with van der Waals surface area (Å²) in [5.41, 5.74) is -3.35. The number of halogens is 3. The minimum atomic E-state index is -4.99. The number of aryl methyl sites for hydroxylation is 2. The molecule has 0 aliphatic carbocycles. The van der Waals surface area contributed by atoms with Crippen LogP contribution in [0.3, 0.4) is 0 Å². The van der Waals surface area contributed by atoms with Gasteiger partial charge in [0.25, 0.3) is 10.1 Å². The zero-order valence-corrected chi connectivity index (χ0v) is 17.1. The van der Waals surface area contributed by atoms with Gasteiger partial charge in [-0.2, -0.15) is 21.6 Å². The van der Waals surface area contributed by atoms with Gasteiger partial charge in [0.1, 0.15) is 5.60 Å². The zero-order valence-electron chi connectivity index (χ0n) is 16.2. The van der Waals surface area contributed by atoms with E-state index < -0.39 is 39.2 Å². The first kappa shape index (κ1) is 23.2. The first-order valence-corrected chi connectivity index (χ1v) is 9.76. The molecule has 154 valence electrons. The normalized spacial score (nSPS) is 15.2. The highest BCUT2D eigenvalue weighted by atomic mass is 32.2. The van der Waals surface area contributed by atoms with Gasteiger partial charge in [-0.3, -0.25) is 5.32 Å². The second kappa shape index (κ2) is 7.31. The van der Waals surface area contributed by atoms with Crippen molar-refractivity contribution in [2.45, 2.75) is 58.9 Å². The Morgan fingerprint density at radius 2 is 1.48 bits per heavy atom. The van der Waals surface area contributed by atoms with Gasteiger partial charge in [-0.05, 0) is 58.2 Å². The van der Waals surface area contributed by atoms with Crippen molar-refractivity contribution in [3.05, 3.63) is 28.8 Å². The van der Waals surface area contributed by atoms with E-state index in [1.807, 2.05) is 0 Å². The zero-order chi connectivity index (χ0) is 21.4. The second-order valence-electron chi connectivity index (χ2n) is 7.43. The van der Waals surface area contributed by atoms with E-state index in [4.69, 9.17) is 4.74 Å². The molecule has 0 radical (unpaired) electrons. The molecule has 27 heavy (non-hydrogen) atoms. The van der Waals surface area contributed by atoms with Gasteiger partial charge in [-0.15, -0.1) is 0 Å². The Morgan fingerprint density at radius 1 is 1.04 bits per heavy atom. The standard InChI is InChI=1S/C17H24F3NO5S/c1-10-8-12(16(6,17(18,19)20)26-27(7,23)24)9-11(2)13(10)21-14(22)25-15(3,4)5/h8-9H,1-7H3,(H,21,22). The fraction of sp³-hybridized carbons (Fsp3) is 0.588. The van der Waals surface area contributed by atoms with E-state index in [-0.39, 0.29) is 5.69 Å². The number of carbonyl (C=O) groups is 1. The summed E-state index contributed by atoms with van der Waals surface area (Å²) in [7, 11) is -4.40. The molecule has 0 spiro atoms. The molecule has 1 aromatic rings. The summed E-state index contributed by atoms with van der Waals surface area (Å²) >= 11 is 0. The van der Waals surface area contributed by atoms with Crippen LogP contribution in [-0.4, -0.2) is 32.5 Å². The van der Waals surface area contributed by atoms with Crippen LogP contribution in [0.2, 0.25) is 0 Å². The molecule has 1 amide bonds. The van der Waals surface area contributed by atoms with Crippen molar-refractivity contribution in [1.82, 2.24) is 0 Å². The van der Waals surface area contributed by atoms with Crippen molar-refractivity contribution >= 4 is 21.9 Å². The smallest absolute Gasteiger partial charge is 0.422 e. The molecule has 1 unspecified atom stereocenters. The van der Waals surface area contributed by atoms with Crippen LogP contribution in [0.5, 0.6) is 0 Å². The quantitative estimate of drug-likeness (QED) is 0.743. The third kappa shape index (κ3) is 6.10. The molecule has 0 saturated heterocycles. The fourth-order valence-electron chi connectivity index (χ4n) is 2.40.